The van der Waals surface area contributed by atoms with E-state index < -0.39 is 0 Å². The van der Waals surface area contributed by atoms with Gasteiger partial charge in [0.2, 0.25) is 0 Å². The van der Waals surface area contributed by atoms with Crippen LogP contribution in [0, 0.1) is 11.8 Å². The molecule has 0 radical (unpaired) electrons. The molecule has 1 aromatic rings. The molecule has 0 heterocycles. The highest BCUT2D eigenvalue weighted by molar-refractivity contribution is 5.72. The van der Waals surface area contributed by atoms with Crippen LogP contribution in [0.15, 0.2) is 24.3 Å². The van der Waals surface area contributed by atoms with Gasteiger partial charge in [0.25, 0.3) is 0 Å². The number of aryl methyl sites for hydroxylation is 1. The zero-order valence-electron chi connectivity index (χ0n) is 18.8. The summed E-state index contributed by atoms with van der Waals surface area (Å²) < 4.78 is 5.92. The van der Waals surface area contributed by atoms with Crippen LogP contribution < -0.4 is 0 Å². The molecule has 2 aliphatic carbocycles. The molecule has 0 aliphatic heterocycles. The van der Waals surface area contributed by atoms with Crippen molar-refractivity contribution in [2.75, 3.05) is 0 Å². The van der Waals surface area contributed by atoms with Gasteiger partial charge in [-0.3, -0.25) is 4.79 Å². The van der Waals surface area contributed by atoms with Crippen molar-refractivity contribution in [2.45, 2.75) is 116 Å². The molecule has 1 aromatic carbocycles. The van der Waals surface area contributed by atoms with E-state index in [0.717, 1.165) is 44.4 Å². The fraction of sp³-hybridized carbons (Fsp3) is 0.741. The van der Waals surface area contributed by atoms with Crippen molar-refractivity contribution in [3.05, 3.63) is 35.4 Å². The molecule has 3 rings (SSSR count). The molecule has 0 aromatic heterocycles. The normalized spacial score (nSPS) is 27.5. The van der Waals surface area contributed by atoms with E-state index in [1.807, 2.05) is 0 Å². The number of carbonyl (C=O) groups excluding carboxylic acids is 1. The average Bonchev–Trinajstić information content (AvgIpc) is 2.76. The number of esters is 1. The van der Waals surface area contributed by atoms with Gasteiger partial charge in [0, 0.05) is 0 Å². The summed E-state index contributed by atoms with van der Waals surface area (Å²) in [5, 5.41) is 0. The van der Waals surface area contributed by atoms with Gasteiger partial charge in [0.05, 0.1) is 5.92 Å². The standard InChI is InChI=1S/C27H42O2/c1-3-5-6-8-22-9-13-23(14-10-22)24-15-17-25(18-16-24)27(28)29-26-19-11-21(7-4-2)12-20-26/h9-10,13-14,21,24-26H,3-8,11-12,15-20H2,1-2H3/t21-,24-,25-,26-. The summed E-state index contributed by atoms with van der Waals surface area (Å²) in [6.07, 6.45) is 16.8. The van der Waals surface area contributed by atoms with Gasteiger partial charge >= 0.3 is 5.97 Å². The second-order valence-electron chi connectivity index (χ2n) is 9.62. The molecular formula is C27H42O2. The lowest BCUT2D eigenvalue weighted by molar-refractivity contribution is -0.157. The molecule has 0 saturated heterocycles. The van der Waals surface area contributed by atoms with E-state index in [1.165, 1.54) is 62.5 Å². The van der Waals surface area contributed by atoms with E-state index in [9.17, 15) is 4.79 Å². The van der Waals surface area contributed by atoms with E-state index in [-0.39, 0.29) is 18.0 Å². The molecule has 2 aliphatic rings. The van der Waals surface area contributed by atoms with Crippen molar-refractivity contribution < 1.29 is 9.53 Å². The zero-order valence-corrected chi connectivity index (χ0v) is 18.8. The Bertz CT molecular complexity index is 589. The van der Waals surface area contributed by atoms with Gasteiger partial charge in [-0.25, -0.2) is 0 Å². The maximum Gasteiger partial charge on any atom is 0.309 e. The predicted molar refractivity (Wildman–Crippen MR) is 121 cm³/mol. The van der Waals surface area contributed by atoms with Gasteiger partial charge < -0.3 is 4.74 Å². The summed E-state index contributed by atoms with van der Waals surface area (Å²) in [4.78, 5) is 12.7. The number of benzene rings is 1. The molecule has 2 heteroatoms. The minimum atomic E-state index is 0.0914. The maximum atomic E-state index is 12.7. The highest BCUT2D eigenvalue weighted by atomic mass is 16.5. The first-order chi connectivity index (χ1) is 14.2. The van der Waals surface area contributed by atoms with Gasteiger partial charge in [-0.15, -0.1) is 0 Å². The van der Waals surface area contributed by atoms with E-state index in [2.05, 4.69) is 38.1 Å². The summed E-state index contributed by atoms with van der Waals surface area (Å²) in [5.74, 6) is 1.71. The number of hydrogen-bond donors (Lipinski definition) is 0. The Kier molecular flexibility index (Phi) is 9.08. The predicted octanol–water partition coefficient (Wildman–Crippen LogP) is 7.60. The molecule has 2 saturated carbocycles. The Balaban J connectivity index is 1.39. The first-order valence-electron chi connectivity index (χ1n) is 12.5. The largest absolute Gasteiger partial charge is 0.462 e. The third-order valence-electron chi connectivity index (χ3n) is 7.35. The zero-order chi connectivity index (χ0) is 20.5. The monoisotopic (exact) mass is 398 g/mol. The molecule has 0 atom stereocenters. The minimum Gasteiger partial charge on any atom is -0.462 e. The lowest BCUT2D eigenvalue weighted by Gasteiger charge is -2.31. The fourth-order valence-electron chi connectivity index (χ4n) is 5.41. The summed E-state index contributed by atoms with van der Waals surface area (Å²) in [6.45, 7) is 4.53. The highest BCUT2D eigenvalue weighted by Gasteiger charge is 2.31. The Morgan fingerprint density at radius 3 is 2.17 bits per heavy atom. The SMILES string of the molecule is CCCCCc1ccc([C@H]2CC[C@H](C(=O)O[C@H]3CC[C@H](CCC)CC3)CC2)cc1. The van der Waals surface area contributed by atoms with Gasteiger partial charge in [0.15, 0.2) is 0 Å². The second kappa shape index (κ2) is 11.8. The van der Waals surface area contributed by atoms with Crippen molar-refractivity contribution in [2.24, 2.45) is 11.8 Å². The molecule has 2 nitrogen and oxygen atoms in total. The molecule has 2 fully saturated rings. The highest BCUT2D eigenvalue weighted by Crippen LogP contribution is 2.37. The Morgan fingerprint density at radius 1 is 0.862 bits per heavy atom. The van der Waals surface area contributed by atoms with E-state index >= 15 is 0 Å². The summed E-state index contributed by atoms with van der Waals surface area (Å²) >= 11 is 0. The molecule has 0 amide bonds. The van der Waals surface area contributed by atoms with Gasteiger partial charge in [-0.1, -0.05) is 63.8 Å². The lowest BCUT2D eigenvalue weighted by atomic mass is 9.78. The van der Waals surface area contributed by atoms with E-state index in [0.29, 0.717) is 5.92 Å². The van der Waals surface area contributed by atoms with Gasteiger partial charge in [0.1, 0.15) is 6.10 Å². The van der Waals surface area contributed by atoms with Crippen molar-refractivity contribution in [1.29, 1.82) is 0 Å². The van der Waals surface area contributed by atoms with E-state index in [4.69, 9.17) is 4.74 Å². The van der Waals surface area contributed by atoms with Crippen LogP contribution in [0.3, 0.4) is 0 Å². The van der Waals surface area contributed by atoms with Crippen molar-refractivity contribution >= 4 is 5.97 Å². The fourth-order valence-corrected chi connectivity index (χ4v) is 5.41. The quantitative estimate of drug-likeness (QED) is 0.316. The number of carbonyl (C=O) groups is 1. The minimum absolute atomic E-state index is 0.0914. The first-order valence-corrected chi connectivity index (χ1v) is 12.5. The van der Waals surface area contributed by atoms with Crippen LogP contribution in [0.25, 0.3) is 0 Å². The number of hydrogen-bond acceptors (Lipinski definition) is 2. The van der Waals surface area contributed by atoms with Crippen LogP contribution in [0.1, 0.15) is 114 Å². The van der Waals surface area contributed by atoms with Crippen molar-refractivity contribution in [3.8, 4) is 0 Å². The number of rotatable bonds is 9. The molecule has 162 valence electrons. The molecule has 0 bridgehead atoms. The molecule has 0 spiro atoms. The third-order valence-corrected chi connectivity index (χ3v) is 7.35. The first kappa shape index (κ1) is 22.4. The number of unbranched alkanes of at least 4 members (excludes halogenated alkanes) is 2. The molecule has 29 heavy (non-hydrogen) atoms. The summed E-state index contributed by atoms with van der Waals surface area (Å²) in [7, 11) is 0. The third kappa shape index (κ3) is 6.86. The summed E-state index contributed by atoms with van der Waals surface area (Å²) in [5.41, 5.74) is 2.93. The number of ether oxygens (including phenoxy) is 1. The van der Waals surface area contributed by atoms with E-state index in [1.54, 1.807) is 0 Å². The van der Waals surface area contributed by atoms with Crippen LogP contribution in [-0.2, 0) is 16.0 Å². The van der Waals surface area contributed by atoms with Crippen molar-refractivity contribution in [3.63, 3.8) is 0 Å². The average molecular weight is 399 g/mol. The van der Waals surface area contributed by atoms with Crippen LogP contribution in [0.2, 0.25) is 0 Å². The molecular weight excluding hydrogens is 356 g/mol. The molecule has 0 unspecified atom stereocenters. The molecule has 0 N–H and O–H groups in total. The summed E-state index contributed by atoms with van der Waals surface area (Å²) in [6, 6.07) is 9.30. The lowest BCUT2D eigenvalue weighted by Crippen LogP contribution is -2.29. The Hall–Kier alpha value is -1.31. The van der Waals surface area contributed by atoms with Crippen LogP contribution >= 0.6 is 0 Å². The van der Waals surface area contributed by atoms with Gasteiger partial charge in [-0.2, -0.15) is 0 Å². The second-order valence-corrected chi connectivity index (χ2v) is 9.62. The Morgan fingerprint density at radius 2 is 1.55 bits per heavy atom. The van der Waals surface area contributed by atoms with Crippen molar-refractivity contribution in [1.82, 2.24) is 0 Å². The maximum absolute atomic E-state index is 12.7. The van der Waals surface area contributed by atoms with Crippen LogP contribution in [0.4, 0.5) is 0 Å². The van der Waals surface area contributed by atoms with Gasteiger partial charge in [-0.05, 0) is 87.2 Å². The topological polar surface area (TPSA) is 26.3 Å². The Labute approximate surface area is 178 Å². The van der Waals surface area contributed by atoms with Crippen LogP contribution in [-0.4, -0.2) is 12.1 Å². The smallest absolute Gasteiger partial charge is 0.309 e. The van der Waals surface area contributed by atoms with Crippen LogP contribution in [0.5, 0.6) is 0 Å².